The van der Waals surface area contributed by atoms with Crippen LogP contribution in [0.4, 0.5) is 11.4 Å². The van der Waals surface area contributed by atoms with E-state index in [1.54, 1.807) is 50.4 Å². The number of halogens is 1. The van der Waals surface area contributed by atoms with Crippen molar-refractivity contribution < 1.29 is 18.0 Å². The van der Waals surface area contributed by atoms with Crippen LogP contribution >= 0.6 is 11.6 Å². The van der Waals surface area contributed by atoms with Gasteiger partial charge in [-0.05, 0) is 73.4 Å². The van der Waals surface area contributed by atoms with E-state index < -0.39 is 27.9 Å². The molecule has 1 aliphatic heterocycles. The third-order valence-corrected chi connectivity index (χ3v) is 9.38. The molecule has 2 amide bonds. The molecule has 1 aromatic heterocycles. The Morgan fingerprint density at radius 2 is 1.73 bits per heavy atom. The minimum atomic E-state index is -4.23. The number of rotatable bonds is 8. The number of hydrogen-bond acceptors (Lipinski definition) is 5. The lowest BCUT2D eigenvalue weighted by molar-refractivity contribution is -0.125. The zero-order chi connectivity index (χ0) is 29.1. The van der Waals surface area contributed by atoms with E-state index in [2.05, 4.69) is 15.6 Å². The predicted molar refractivity (Wildman–Crippen MR) is 160 cm³/mol. The number of nitrogens with one attached hydrogen (secondary N) is 2. The van der Waals surface area contributed by atoms with Crippen LogP contribution in [0.25, 0.3) is 11.3 Å². The van der Waals surface area contributed by atoms with Crippen LogP contribution in [0.1, 0.15) is 23.1 Å². The van der Waals surface area contributed by atoms with Crippen LogP contribution in [0.5, 0.6) is 0 Å². The van der Waals surface area contributed by atoms with Gasteiger partial charge < -0.3 is 10.6 Å². The van der Waals surface area contributed by atoms with Gasteiger partial charge in [-0.2, -0.15) is 0 Å². The summed E-state index contributed by atoms with van der Waals surface area (Å²) in [6, 6.07) is 22.1. The molecule has 2 heterocycles. The van der Waals surface area contributed by atoms with Crippen molar-refractivity contribution >= 4 is 44.8 Å². The van der Waals surface area contributed by atoms with E-state index in [0.29, 0.717) is 40.5 Å². The fraction of sp³-hybridized carbons (Fsp3) is 0.194. The number of anilines is 2. The normalized spacial score (nSPS) is 14.8. The minimum Gasteiger partial charge on any atom is -0.356 e. The molecule has 4 aromatic rings. The standard InChI is InChI=1S/C31H29ClN4O4S/c1-20-18-29(21(2)17-24(20)32)41(39,40)36-27-9-4-3-8-26(27)35-31(38)28(36)19-30(37)34-16-14-22-10-12-23(13-11-22)25-7-5-6-15-33-25/h3-13,15,17-18,28H,14,16,19H2,1-2H3,(H,34,37)(H,35,38)/t28-/m1/s1. The van der Waals surface area contributed by atoms with Crippen molar-refractivity contribution in [2.24, 2.45) is 0 Å². The van der Waals surface area contributed by atoms with Crippen LogP contribution in [0.15, 0.2) is 90.0 Å². The number of carbonyl (C=O) groups excluding carboxylic acids is 2. The summed E-state index contributed by atoms with van der Waals surface area (Å²) in [6.45, 7) is 3.70. The highest BCUT2D eigenvalue weighted by Gasteiger charge is 2.42. The molecule has 3 aromatic carbocycles. The van der Waals surface area contributed by atoms with Gasteiger partial charge >= 0.3 is 0 Å². The quantitative estimate of drug-likeness (QED) is 0.291. The Balaban J connectivity index is 1.33. The molecule has 0 radical (unpaired) electrons. The molecule has 0 spiro atoms. The van der Waals surface area contributed by atoms with Crippen molar-refractivity contribution in [3.63, 3.8) is 0 Å². The van der Waals surface area contributed by atoms with E-state index >= 15 is 0 Å². The first-order valence-electron chi connectivity index (χ1n) is 13.1. The smallest absolute Gasteiger partial charge is 0.265 e. The highest BCUT2D eigenvalue weighted by Crippen LogP contribution is 2.38. The molecule has 1 atom stereocenters. The average molecular weight is 589 g/mol. The van der Waals surface area contributed by atoms with E-state index in [1.165, 1.54) is 6.07 Å². The first-order valence-corrected chi connectivity index (χ1v) is 14.9. The Bertz CT molecular complexity index is 1710. The van der Waals surface area contributed by atoms with Crippen LogP contribution in [-0.4, -0.2) is 37.8 Å². The minimum absolute atomic E-state index is 0.0310. The number of para-hydroxylation sites is 2. The zero-order valence-corrected chi connectivity index (χ0v) is 24.2. The number of carbonyl (C=O) groups is 2. The fourth-order valence-corrected chi connectivity index (χ4v) is 6.99. The number of aryl methyl sites for hydroxylation is 2. The molecule has 5 rings (SSSR count). The van der Waals surface area contributed by atoms with Gasteiger partial charge in [0.2, 0.25) is 11.8 Å². The number of fused-ring (bicyclic) bond motifs is 1. The molecule has 0 unspecified atom stereocenters. The highest BCUT2D eigenvalue weighted by atomic mass is 35.5. The summed E-state index contributed by atoms with van der Waals surface area (Å²) in [6.07, 6.45) is 1.97. The number of hydrogen-bond donors (Lipinski definition) is 2. The lowest BCUT2D eigenvalue weighted by Gasteiger charge is -2.37. The van der Waals surface area contributed by atoms with Gasteiger partial charge in [-0.25, -0.2) is 8.42 Å². The van der Waals surface area contributed by atoms with E-state index in [1.807, 2.05) is 42.5 Å². The molecule has 8 nitrogen and oxygen atoms in total. The third-order valence-electron chi connectivity index (χ3n) is 7.01. The Kier molecular flexibility index (Phi) is 8.10. The first kappa shape index (κ1) is 28.3. The number of aromatic nitrogens is 1. The monoisotopic (exact) mass is 588 g/mol. The lowest BCUT2D eigenvalue weighted by Crippen LogP contribution is -2.53. The molecule has 2 N–H and O–H groups in total. The maximum Gasteiger partial charge on any atom is 0.265 e. The summed E-state index contributed by atoms with van der Waals surface area (Å²) in [7, 11) is -4.23. The van der Waals surface area contributed by atoms with Gasteiger partial charge in [0.25, 0.3) is 10.0 Å². The van der Waals surface area contributed by atoms with Crippen LogP contribution < -0.4 is 14.9 Å². The zero-order valence-electron chi connectivity index (χ0n) is 22.6. The van der Waals surface area contributed by atoms with Gasteiger partial charge in [-0.3, -0.25) is 18.9 Å². The Morgan fingerprint density at radius 3 is 2.46 bits per heavy atom. The molecular formula is C31H29ClN4O4S. The molecular weight excluding hydrogens is 560 g/mol. The van der Waals surface area contributed by atoms with Gasteiger partial charge in [0.15, 0.2) is 0 Å². The van der Waals surface area contributed by atoms with Gasteiger partial charge in [-0.1, -0.05) is 54.1 Å². The summed E-state index contributed by atoms with van der Waals surface area (Å²) < 4.78 is 29.2. The van der Waals surface area contributed by atoms with Gasteiger partial charge in [-0.15, -0.1) is 0 Å². The molecule has 0 saturated heterocycles. The Hall–Kier alpha value is -4.21. The summed E-state index contributed by atoms with van der Waals surface area (Å²) in [5.74, 6) is -1.00. The molecule has 0 saturated carbocycles. The summed E-state index contributed by atoms with van der Waals surface area (Å²) in [4.78, 5) is 30.6. The van der Waals surface area contributed by atoms with Crippen molar-refractivity contribution in [2.45, 2.75) is 37.6 Å². The fourth-order valence-electron chi connectivity index (χ4n) is 4.84. The van der Waals surface area contributed by atoms with Crippen molar-refractivity contribution in [1.82, 2.24) is 10.3 Å². The van der Waals surface area contributed by atoms with E-state index in [0.717, 1.165) is 21.1 Å². The second-order valence-electron chi connectivity index (χ2n) is 9.91. The van der Waals surface area contributed by atoms with Gasteiger partial charge in [0.05, 0.1) is 28.4 Å². The third kappa shape index (κ3) is 5.96. The first-order chi connectivity index (χ1) is 19.6. The van der Waals surface area contributed by atoms with Gasteiger partial charge in [0, 0.05) is 23.3 Å². The molecule has 210 valence electrons. The van der Waals surface area contributed by atoms with Crippen LogP contribution in [0, 0.1) is 13.8 Å². The highest BCUT2D eigenvalue weighted by molar-refractivity contribution is 7.93. The summed E-state index contributed by atoms with van der Waals surface area (Å²) in [5.41, 5.74) is 4.58. The molecule has 0 bridgehead atoms. The van der Waals surface area contributed by atoms with Crippen LogP contribution in [0.3, 0.4) is 0 Å². The van der Waals surface area contributed by atoms with E-state index in [9.17, 15) is 18.0 Å². The predicted octanol–water partition coefficient (Wildman–Crippen LogP) is 5.28. The van der Waals surface area contributed by atoms with Crippen molar-refractivity contribution in [3.8, 4) is 11.3 Å². The second-order valence-corrected chi connectivity index (χ2v) is 12.1. The second kappa shape index (κ2) is 11.7. The number of nitrogens with zero attached hydrogens (tertiary/aromatic N) is 2. The average Bonchev–Trinajstić information content (AvgIpc) is 2.96. The Labute approximate surface area is 244 Å². The lowest BCUT2D eigenvalue weighted by atomic mass is 10.1. The molecule has 0 fully saturated rings. The topological polar surface area (TPSA) is 108 Å². The van der Waals surface area contributed by atoms with E-state index in [4.69, 9.17) is 11.6 Å². The van der Waals surface area contributed by atoms with E-state index in [-0.39, 0.29) is 11.3 Å². The number of amides is 2. The number of sulfonamides is 1. The maximum atomic E-state index is 14.1. The molecule has 1 aliphatic rings. The maximum absolute atomic E-state index is 14.1. The molecule has 0 aliphatic carbocycles. The Morgan fingerprint density at radius 1 is 1.00 bits per heavy atom. The van der Waals surface area contributed by atoms with Crippen molar-refractivity contribution in [2.75, 3.05) is 16.2 Å². The van der Waals surface area contributed by atoms with Crippen molar-refractivity contribution in [1.29, 1.82) is 0 Å². The SMILES string of the molecule is Cc1cc(S(=O)(=O)N2c3ccccc3NC(=O)[C@H]2CC(=O)NCCc2ccc(-c3ccccn3)cc2)c(C)cc1Cl. The van der Waals surface area contributed by atoms with Crippen LogP contribution in [-0.2, 0) is 26.0 Å². The molecule has 10 heteroatoms. The van der Waals surface area contributed by atoms with Gasteiger partial charge in [0.1, 0.15) is 6.04 Å². The number of benzene rings is 3. The summed E-state index contributed by atoms with van der Waals surface area (Å²) >= 11 is 6.22. The van der Waals surface area contributed by atoms with Crippen molar-refractivity contribution in [3.05, 3.63) is 107 Å². The number of pyridine rings is 1. The largest absolute Gasteiger partial charge is 0.356 e. The molecule has 41 heavy (non-hydrogen) atoms. The van der Waals surface area contributed by atoms with Crippen LogP contribution in [0.2, 0.25) is 5.02 Å². The summed E-state index contributed by atoms with van der Waals surface area (Å²) in [5, 5.41) is 6.04.